The Morgan fingerprint density at radius 2 is 1.85 bits per heavy atom. The lowest BCUT2D eigenvalue weighted by Crippen LogP contribution is -2.36. The van der Waals surface area contributed by atoms with E-state index in [-0.39, 0.29) is 19.7 Å². The van der Waals surface area contributed by atoms with Gasteiger partial charge in [0.05, 0.1) is 12.3 Å². The number of benzene rings is 2. The summed E-state index contributed by atoms with van der Waals surface area (Å²) in [6.07, 6.45) is 0. The second-order valence-corrected chi connectivity index (χ2v) is 5.86. The Morgan fingerprint density at radius 3 is 2.63 bits per heavy atom. The van der Waals surface area contributed by atoms with E-state index in [0.29, 0.717) is 5.69 Å². The van der Waals surface area contributed by atoms with Gasteiger partial charge in [0.25, 0.3) is 5.56 Å². The largest absolute Gasteiger partial charge is 0.465 e. The third kappa shape index (κ3) is 4.58. The Bertz CT molecular complexity index is 1040. The molecule has 0 bridgehead atoms. The van der Waals surface area contributed by atoms with Gasteiger partial charge in [0.2, 0.25) is 5.91 Å². The van der Waals surface area contributed by atoms with Gasteiger partial charge in [-0.1, -0.05) is 36.4 Å². The van der Waals surface area contributed by atoms with Crippen LogP contribution in [0.1, 0.15) is 6.92 Å². The van der Waals surface area contributed by atoms with Crippen LogP contribution in [0.15, 0.2) is 59.4 Å². The van der Waals surface area contributed by atoms with E-state index in [1.807, 2.05) is 42.5 Å². The number of fused-ring (bicyclic) bond motifs is 1. The van der Waals surface area contributed by atoms with E-state index in [1.54, 1.807) is 13.0 Å². The van der Waals surface area contributed by atoms with E-state index in [4.69, 9.17) is 4.74 Å². The Kier molecular flexibility index (Phi) is 5.61. The zero-order valence-corrected chi connectivity index (χ0v) is 14.8. The quantitative estimate of drug-likeness (QED) is 0.672. The van der Waals surface area contributed by atoms with Gasteiger partial charge in [0, 0.05) is 11.6 Å². The first-order chi connectivity index (χ1) is 13.1. The van der Waals surface area contributed by atoms with Gasteiger partial charge >= 0.3 is 5.97 Å². The number of carbonyl (C=O) groups is 2. The minimum absolute atomic E-state index is 0.240. The van der Waals surface area contributed by atoms with Crippen molar-refractivity contribution in [2.24, 2.45) is 0 Å². The van der Waals surface area contributed by atoms with Gasteiger partial charge in [-0.2, -0.15) is 5.10 Å². The molecule has 0 radical (unpaired) electrons. The van der Waals surface area contributed by atoms with Gasteiger partial charge in [0.15, 0.2) is 0 Å². The van der Waals surface area contributed by atoms with Crippen molar-refractivity contribution < 1.29 is 14.3 Å². The molecule has 0 fully saturated rings. The third-order valence-corrected chi connectivity index (χ3v) is 3.94. The first-order valence-electron chi connectivity index (χ1n) is 8.56. The molecule has 138 valence electrons. The minimum Gasteiger partial charge on any atom is -0.465 e. The first-order valence-corrected chi connectivity index (χ1v) is 8.56. The van der Waals surface area contributed by atoms with E-state index in [9.17, 15) is 14.4 Å². The average Bonchev–Trinajstić information content (AvgIpc) is 2.68. The van der Waals surface area contributed by atoms with Crippen molar-refractivity contribution in [3.8, 4) is 11.3 Å². The van der Waals surface area contributed by atoms with Crippen molar-refractivity contribution in [3.05, 3.63) is 65.0 Å². The van der Waals surface area contributed by atoms with Crippen molar-refractivity contribution in [2.75, 3.05) is 13.2 Å². The number of rotatable bonds is 6. The minimum atomic E-state index is -0.531. The zero-order valence-electron chi connectivity index (χ0n) is 14.8. The number of carbonyl (C=O) groups excluding carboxylic acids is 2. The smallest absolute Gasteiger partial charge is 0.325 e. The molecule has 27 heavy (non-hydrogen) atoms. The number of hydrogen-bond acceptors (Lipinski definition) is 5. The van der Waals surface area contributed by atoms with Crippen LogP contribution in [0.3, 0.4) is 0 Å². The lowest BCUT2D eigenvalue weighted by atomic mass is 10.1. The molecule has 0 aliphatic heterocycles. The fourth-order valence-electron chi connectivity index (χ4n) is 2.64. The normalized spacial score (nSPS) is 10.6. The van der Waals surface area contributed by atoms with Gasteiger partial charge in [0.1, 0.15) is 13.1 Å². The predicted molar refractivity (Wildman–Crippen MR) is 101 cm³/mol. The SMILES string of the molecule is CCOC(=O)CNC(=O)Cn1nc(-c2ccc3ccccc3c2)ccc1=O. The zero-order chi connectivity index (χ0) is 19.2. The number of nitrogens with zero attached hydrogens (tertiary/aromatic N) is 2. The molecule has 1 N–H and O–H groups in total. The molecule has 3 aromatic rings. The number of esters is 1. The monoisotopic (exact) mass is 365 g/mol. The van der Waals surface area contributed by atoms with Crippen LogP contribution in [0.4, 0.5) is 0 Å². The number of ether oxygens (including phenoxy) is 1. The fraction of sp³-hybridized carbons (Fsp3) is 0.200. The molecule has 7 nitrogen and oxygen atoms in total. The lowest BCUT2D eigenvalue weighted by molar-refractivity contribution is -0.143. The van der Waals surface area contributed by atoms with E-state index in [2.05, 4.69) is 10.4 Å². The molecular weight excluding hydrogens is 346 g/mol. The molecule has 3 rings (SSSR count). The Balaban J connectivity index is 1.78. The van der Waals surface area contributed by atoms with Crippen LogP contribution in [0.5, 0.6) is 0 Å². The number of nitrogens with one attached hydrogen (secondary N) is 1. The predicted octanol–water partition coefficient (Wildman–Crippen LogP) is 1.74. The fourth-order valence-corrected chi connectivity index (χ4v) is 2.64. The van der Waals surface area contributed by atoms with Gasteiger partial charge in [-0.05, 0) is 29.8 Å². The maximum Gasteiger partial charge on any atom is 0.325 e. The third-order valence-electron chi connectivity index (χ3n) is 3.94. The van der Waals surface area contributed by atoms with E-state index in [0.717, 1.165) is 21.0 Å². The highest BCUT2D eigenvalue weighted by Gasteiger charge is 2.10. The van der Waals surface area contributed by atoms with Crippen LogP contribution in [0.2, 0.25) is 0 Å². The topological polar surface area (TPSA) is 90.3 Å². The van der Waals surface area contributed by atoms with Gasteiger partial charge < -0.3 is 10.1 Å². The standard InChI is InChI=1S/C20H19N3O4/c1-2-27-20(26)12-21-18(24)13-23-19(25)10-9-17(22-23)16-8-7-14-5-3-4-6-15(14)11-16/h3-11H,2,12-13H2,1H3,(H,21,24). The molecule has 7 heteroatoms. The summed E-state index contributed by atoms with van der Waals surface area (Å²) in [6.45, 7) is 1.40. The molecule has 2 aromatic carbocycles. The molecule has 0 atom stereocenters. The van der Waals surface area contributed by atoms with Crippen LogP contribution in [-0.4, -0.2) is 34.8 Å². The summed E-state index contributed by atoms with van der Waals surface area (Å²) in [5, 5.41) is 8.85. The molecule has 0 aliphatic rings. The van der Waals surface area contributed by atoms with Crippen molar-refractivity contribution in [1.29, 1.82) is 0 Å². The molecule has 0 spiro atoms. The highest BCUT2D eigenvalue weighted by molar-refractivity contribution is 5.86. The summed E-state index contributed by atoms with van der Waals surface area (Å²) in [6, 6.07) is 16.8. The highest BCUT2D eigenvalue weighted by Crippen LogP contribution is 2.22. The van der Waals surface area contributed by atoms with E-state index >= 15 is 0 Å². The summed E-state index contributed by atoms with van der Waals surface area (Å²) in [5.41, 5.74) is 1.03. The van der Waals surface area contributed by atoms with Gasteiger partial charge in [-0.25, -0.2) is 4.68 Å². The van der Waals surface area contributed by atoms with Crippen molar-refractivity contribution in [1.82, 2.24) is 15.1 Å². The summed E-state index contributed by atoms with van der Waals surface area (Å²) in [4.78, 5) is 35.3. The average molecular weight is 365 g/mol. The molecule has 0 unspecified atom stereocenters. The summed E-state index contributed by atoms with van der Waals surface area (Å²) in [7, 11) is 0. The number of hydrogen-bond donors (Lipinski definition) is 1. The van der Waals surface area contributed by atoms with Gasteiger partial charge in [-0.15, -0.1) is 0 Å². The van der Waals surface area contributed by atoms with Crippen LogP contribution >= 0.6 is 0 Å². The molecular formula is C20H19N3O4. The maximum atomic E-state index is 12.0. The van der Waals surface area contributed by atoms with Crippen molar-refractivity contribution in [3.63, 3.8) is 0 Å². The second kappa shape index (κ2) is 8.27. The van der Waals surface area contributed by atoms with Crippen LogP contribution in [-0.2, 0) is 20.9 Å². The van der Waals surface area contributed by atoms with E-state index < -0.39 is 17.4 Å². The Hall–Kier alpha value is -3.48. The number of aromatic nitrogens is 2. The molecule has 1 amide bonds. The summed E-state index contributed by atoms with van der Waals surface area (Å²) in [5.74, 6) is -1.02. The van der Waals surface area contributed by atoms with Crippen LogP contribution in [0.25, 0.3) is 22.0 Å². The Labute approximate surface area is 155 Å². The molecule has 1 heterocycles. The lowest BCUT2D eigenvalue weighted by Gasteiger charge is -2.09. The van der Waals surface area contributed by atoms with E-state index in [1.165, 1.54) is 6.07 Å². The molecule has 1 aromatic heterocycles. The summed E-state index contributed by atoms with van der Waals surface area (Å²) >= 11 is 0. The Morgan fingerprint density at radius 1 is 1.07 bits per heavy atom. The highest BCUT2D eigenvalue weighted by atomic mass is 16.5. The number of amides is 1. The summed E-state index contributed by atoms with van der Waals surface area (Å²) < 4.78 is 5.81. The first kappa shape index (κ1) is 18.3. The van der Waals surface area contributed by atoms with Crippen LogP contribution in [0, 0.1) is 0 Å². The van der Waals surface area contributed by atoms with Gasteiger partial charge in [-0.3, -0.25) is 14.4 Å². The molecule has 0 saturated carbocycles. The van der Waals surface area contributed by atoms with Crippen molar-refractivity contribution >= 4 is 22.6 Å². The molecule has 0 saturated heterocycles. The van der Waals surface area contributed by atoms with Crippen LogP contribution < -0.4 is 10.9 Å². The maximum absolute atomic E-state index is 12.0. The second-order valence-electron chi connectivity index (χ2n) is 5.86. The van der Waals surface area contributed by atoms with Crippen molar-refractivity contribution in [2.45, 2.75) is 13.5 Å². The molecule has 0 aliphatic carbocycles.